The van der Waals surface area contributed by atoms with E-state index in [2.05, 4.69) is 36.1 Å². The Morgan fingerprint density at radius 1 is 1.35 bits per heavy atom. The maximum absolute atomic E-state index is 12.4. The van der Waals surface area contributed by atoms with E-state index in [0.29, 0.717) is 22.2 Å². The molecule has 2 aromatic rings. The van der Waals surface area contributed by atoms with E-state index in [1.54, 1.807) is 6.07 Å². The summed E-state index contributed by atoms with van der Waals surface area (Å²) < 4.78 is 1.51. The average molecular weight is 293 g/mol. The van der Waals surface area contributed by atoms with Crippen LogP contribution in [0.25, 0.3) is 10.6 Å². The van der Waals surface area contributed by atoms with Crippen molar-refractivity contribution in [2.45, 2.75) is 46.1 Å². The van der Waals surface area contributed by atoms with Gasteiger partial charge in [0.15, 0.2) is 5.01 Å². The lowest BCUT2D eigenvalue weighted by atomic mass is 9.91. The maximum Gasteiger partial charge on any atom is 0.277 e. The lowest BCUT2D eigenvalue weighted by Gasteiger charge is -2.19. The predicted octanol–water partition coefficient (Wildman–Crippen LogP) is 2.05. The van der Waals surface area contributed by atoms with E-state index >= 15 is 0 Å². The molecule has 6 nitrogen and oxygen atoms in total. The standard InChI is InChI=1S/C13H19N5OS/c1-5-6-18-11(19)8(10-15-16-12(14)20-10)7-9(17-18)13(2,3)4/h7H,5-6H2,1-4H3,(H2,14,16). The molecule has 0 fully saturated rings. The van der Waals surface area contributed by atoms with Crippen molar-refractivity contribution in [1.82, 2.24) is 20.0 Å². The molecule has 0 amide bonds. The summed E-state index contributed by atoms with van der Waals surface area (Å²) in [6.45, 7) is 8.79. The van der Waals surface area contributed by atoms with Gasteiger partial charge in [0.1, 0.15) is 0 Å². The number of aromatic nitrogens is 4. The Balaban J connectivity index is 2.66. The SMILES string of the molecule is CCCn1nc(C(C)(C)C)cc(-c2nnc(N)s2)c1=O. The van der Waals surface area contributed by atoms with Crippen molar-refractivity contribution >= 4 is 16.5 Å². The van der Waals surface area contributed by atoms with Gasteiger partial charge in [-0.1, -0.05) is 39.0 Å². The third-order valence-electron chi connectivity index (χ3n) is 2.85. The number of rotatable bonds is 3. The van der Waals surface area contributed by atoms with Crippen LogP contribution in [0.15, 0.2) is 10.9 Å². The molecule has 2 N–H and O–H groups in total. The lowest BCUT2D eigenvalue weighted by molar-refractivity contribution is 0.497. The van der Waals surface area contributed by atoms with Crippen LogP contribution in [0.3, 0.4) is 0 Å². The van der Waals surface area contributed by atoms with Crippen LogP contribution in [0, 0.1) is 0 Å². The van der Waals surface area contributed by atoms with Crippen molar-refractivity contribution in [2.75, 3.05) is 5.73 Å². The molecule has 0 aliphatic heterocycles. The van der Waals surface area contributed by atoms with Crippen LogP contribution in [0.2, 0.25) is 0 Å². The molecule has 0 aliphatic carbocycles. The second kappa shape index (κ2) is 5.32. The quantitative estimate of drug-likeness (QED) is 0.936. The van der Waals surface area contributed by atoms with Crippen molar-refractivity contribution in [3.05, 3.63) is 22.1 Å². The minimum atomic E-state index is -0.145. The third-order valence-corrected chi connectivity index (χ3v) is 3.63. The molecule has 108 valence electrons. The van der Waals surface area contributed by atoms with E-state index in [9.17, 15) is 4.79 Å². The van der Waals surface area contributed by atoms with Gasteiger partial charge in [-0.25, -0.2) is 4.68 Å². The molecule has 0 unspecified atom stereocenters. The predicted molar refractivity (Wildman–Crippen MR) is 80.8 cm³/mol. The molecule has 0 spiro atoms. The molecule has 20 heavy (non-hydrogen) atoms. The Hall–Kier alpha value is -1.76. The molecule has 0 bridgehead atoms. The highest BCUT2D eigenvalue weighted by atomic mass is 32.1. The molecule has 0 aliphatic rings. The molecular formula is C13H19N5OS. The highest BCUT2D eigenvalue weighted by Crippen LogP contribution is 2.26. The summed E-state index contributed by atoms with van der Waals surface area (Å²) >= 11 is 1.22. The Kier molecular flexibility index (Phi) is 3.89. The molecule has 0 saturated heterocycles. The summed E-state index contributed by atoms with van der Waals surface area (Å²) in [5.74, 6) is 0. The van der Waals surface area contributed by atoms with Crippen LogP contribution in [0.4, 0.5) is 5.13 Å². The van der Waals surface area contributed by atoms with Gasteiger partial charge >= 0.3 is 0 Å². The summed E-state index contributed by atoms with van der Waals surface area (Å²) in [4.78, 5) is 12.4. The van der Waals surface area contributed by atoms with Gasteiger partial charge < -0.3 is 5.73 Å². The zero-order chi connectivity index (χ0) is 14.9. The fourth-order valence-corrected chi connectivity index (χ4v) is 2.39. The van der Waals surface area contributed by atoms with Crippen molar-refractivity contribution in [2.24, 2.45) is 0 Å². The van der Waals surface area contributed by atoms with Crippen molar-refractivity contribution < 1.29 is 0 Å². The molecule has 0 aromatic carbocycles. The molecule has 2 heterocycles. The Morgan fingerprint density at radius 2 is 2.05 bits per heavy atom. The molecule has 2 aromatic heterocycles. The lowest BCUT2D eigenvalue weighted by Crippen LogP contribution is -2.28. The summed E-state index contributed by atoms with van der Waals surface area (Å²) in [6.07, 6.45) is 0.845. The van der Waals surface area contributed by atoms with Gasteiger partial charge in [0, 0.05) is 12.0 Å². The third kappa shape index (κ3) is 2.87. The van der Waals surface area contributed by atoms with Gasteiger partial charge in [-0.2, -0.15) is 5.10 Å². The highest BCUT2D eigenvalue weighted by Gasteiger charge is 2.21. The molecule has 0 radical (unpaired) electrons. The van der Waals surface area contributed by atoms with E-state index in [4.69, 9.17) is 5.73 Å². The van der Waals surface area contributed by atoms with Crippen LogP contribution in [-0.4, -0.2) is 20.0 Å². The zero-order valence-electron chi connectivity index (χ0n) is 12.2. The number of nitrogen functional groups attached to an aromatic ring is 1. The Labute approximate surface area is 121 Å². The first-order chi connectivity index (χ1) is 9.32. The smallest absolute Gasteiger partial charge is 0.277 e. The van der Waals surface area contributed by atoms with Crippen LogP contribution in [-0.2, 0) is 12.0 Å². The monoisotopic (exact) mass is 293 g/mol. The highest BCUT2D eigenvalue weighted by molar-refractivity contribution is 7.18. The first kappa shape index (κ1) is 14.6. The zero-order valence-corrected chi connectivity index (χ0v) is 13.0. The topological polar surface area (TPSA) is 86.7 Å². The minimum absolute atomic E-state index is 0.143. The normalized spacial score (nSPS) is 11.8. The summed E-state index contributed by atoms with van der Waals surface area (Å²) in [7, 11) is 0. The van der Waals surface area contributed by atoms with E-state index in [0.717, 1.165) is 12.1 Å². The first-order valence-electron chi connectivity index (χ1n) is 6.55. The Morgan fingerprint density at radius 3 is 2.55 bits per heavy atom. The Bertz CT molecular complexity index is 668. The number of hydrogen-bond donors (Lipinski definition) is 1. The molecule has 0 saturated carbocycles. The molecule has 7 heteroatoms. The van der Waals surface area contributed by atoms with Crippen molar-refractivity contribution in [1.29, 1.82) is 0 Å². The van der Waals surface area contributed by atoms with E-state index in [1.165, 1.54) is 16.0 Å². The van der Waals surface area contributed by atoms with Gasteiger partial charge in [-0.3, -0.25) is 4.79 Å². The average Bonchev–Trinajstić information content (AvgIpc) is 2.77. The van der Waals surface area contributed by atoms with Crippen molar-refractivity contribution in [3.8, 4) is 10.6 Å². The van der Waals surface area contributed by atoms with Gasteiger partial charge in [0.25, 0.3) is 5.56 Å². The maximum atomic E-state index is 12.4. The summed E-state index contributed by atoms with van der Waals surface area (Å²) in [5, 5.41) is 13.1. The van der Waals surface area contributed by atoms with E-state index in [-0.39, 0.29) is 11.0 Å². The summed E-state index contributed by atoms with van der Waals surface area (Å²) in [5.41, 5.74) is 6.70. The van der Waals surface area contributed by atoms with E-state index < -0.39 is 0 Å². The number of nitrogens with zero attached hydrogens (tertiary/aromatic N) is 4. The van der Waals surface area contributed by atoms with E-state index in [1.807, 2.05) is 6.92 Å². The number of hydrogen-bond acceptors (Lipinski definition) is 6. The largest absolute Gasteiger partial charge is 0.374 e. The van der Waals surface area contributed by atoms with Gasteiger partial charge in [0.2, 0.25) is 5.13 Å². The first-order valence-corrected chi connectivity index (χ1v) is 7.36. The molecule has 0 atom stereocenters. The fourth-order valence-electron chi connectivity index (χ4n) is 1.77. The van der Waals surface area contributed by atoms with Crippen LogP contribution in [0.1, 0.15) is 39.8 Å². The number of anilines is 1. The van der Waals surface area contributed by atoms with Crippen LogP contribution >= 0.6 is 11.3 Å². The molecular weight excluding hydrogens is 274 g/mol. The van der Waals surface area contributed by atoms with Crippen LogP contribution < -0.4 is 11.3 Å². The number of aryl methyl sites for hydroxylation is 1. The van der Waals surface area contributed by atoms with Gasteiger partial charge in [-0.15, -0.1) is 10.2 Å². The fraction of sp³-hybridized carbons (Fsp3) is 0.538. The van der Waals surface area contributed by atoms with Gasteiger partial charge in [-0.05, 0) is 12.5 Å². The van der Waals surface area contributed by atoms with Crippen LogP contribution in [0.5, 0.6) is 0 Å². The second-order valence-corrected chi connectivity index (χ2v) is 6.68. The summed E-state index contributed by atoms with van der Waals surface area (Å²) in [6, 6.07) is 1.80. The molecule has 2 rings (SSSR count). The second-order valence-electron chi connectivity index (χ2n) is 5.67. The van der Waals surface area contributed by atoms with Crippen molar-refractivity contribution in [3.63, 3.8) is 0 Å². The van der Waals surface area contributed by atoms with Gasteiger partial charge in [0.05, 0.1) is 11.3 Å². The minimum Gasteiger partial charge on any atom is -0.374 e. The number of nitrogens with two attached hydrogens (primary N) is 1.